The van der Waals surface area contributed by atoms with Crippen LogP contribution >= 0.6 is 0 Å². The van der Waals surface area contributed by atoms with Crippen LogP contribution < -0.4 is 4.90 Å². The second kappa shape index (κ2) is 5.72. The molecule has 1 saturated heterocycles. The highest BCUT2D eigenvalue weighted by atomic mass is 16.5. The first kappa shape index (κ1) is 13.4. The van der Waals surface area contributed by atoms with E-state index in [2.05, 4.69) is 30.9 Å². The molecule has 3 heteroatoms. The summed E-state index contributed by atoms with van der Waals surface area (Å²) in [6.07, 6.45) is 0.687. The lowest BCUT2D eigenvalue weighted by molar-refractivity contribution is 0.0344. The van der Waals surface area contributed by atoms with Crippen LogP contribution in [0.2, 0.25) is 0 Å². The molecule has 1 aliphatic heterocycles. The fraction of sp³-hybridized carbons (Fsp3) is 0.600. The van der Waals surface area contributed by atoms with Crippen LogP contribution in [0.5, 0.6) is 0 Å². The molecule has 3 unspecified atom stereocenters. The molecule has 0 amide bonds. The van der Waals surface area contributed by atoms with Crippen molar-refractivity contribution in [1.82, 2.24) is 0 Å². The monoisotopic (exact) mass is 249 g/mol. The number of hydrogen-bond donors (Lipinski definition) is 1. The molecule has 0 aromatic heterocycles. The maximum atomic E-state index is 9.79. The topological polar surface area (TPSA) is 32.7 Å². The van der Waals surface area contributed by atoms with E-state index in [1.54, 1.807) is 0 Å². The molecule has 100 valence electrons. The van der Waals surface area contributed by atoms with Gasteiger partial charge in [0.05, 0.1) is 18.8 Å². The molecule has 0 aliphatic carbocycles. The summed E-state index contributed by atoms with van der Waals surface area (Å²) in [5.74, 6) is 0. The molecule has 3 atom stereocenters. The lowest BCUT2D eigenvalue weighted by Crippen LogP contribution is -2.47. The Morgan fingerprint density at radius 1 is 1.33 bits per heavy atom. The highest BCUT2D eigenvalue weighted by Crippen LogP contribution is 2.24. The molecule has 2 rings (SSSR count). The zero-order valence-electron chi connectivity index (χ0n) is 11.5. The predicted molar refractivity (Wildman–Crippen MR) is 73.9 cm³/mol. The van der Waals surface area contributed by atoms with Crippen LogP contribution in [0.3, 0.4) is 0 Å². The summed E-state index contributed by atoms with van der Waals surface area (Å²) in [5, 5.41) is 9.79. The van der Waals surface area contributed by atoms with Gasteiger partial charge in [0.15, 0.2) is 0 Å². The van der Waals surface area contributed by atoms with Crippen molar-refractivity contribution >= 4 is 5.69 Å². The number of morpholine rings is 1. The van der Waals surface area contributed by atoms with E-state index in [1.807, 2.05) is 19.1 Å². The van der Waals surface area contributed by atoms with E-state index in [-0.39, 0.29) is 12.2 Å². The minimum Gasteiger partial charge on any atom is -0.388 e. The van der Waals surface area contributed by atoms with Crippen LogP contribution in [-0.4, -0.2) is 30.4 Å². The third kappa shape index (κ3) is 2.85. The van der Waals surface area contributed by atoms with E-state index in [4.69, 9.17) is 4.74 Å². The normalized spacial score (nSPS) is 26.1. The molecular formula is C15H23NO2. The van der Waals surface area contributed by atoms with Gasteiger partial charge in [0, 0.05) is 18.3 Å². The van der Waals surface area contributed by atoms with Gasteiger partial charge in [-0.15, -0.1) is 0 Å². The smallest absolute Gasteiger partial charge is 0.0787 e. The van der Waals surface area contributed by atoms with Crippen molar-refractivity contribution in [2.75, 3.05) is 18.1 Å². The first-order valence-electron chi connectivity index (χ1n) is 6.78. The summed E-state index contributed by atoms with van der Waals surface area (Å²) in [4.78, 5) is 2.37. The van der Waals surface area contributed by atoms with Gasteiger partial charge in [-0.2, -0.15) is 0 Å². The maximum Gasteiger partial charge on any atom is 0.0787 e. The lowest BCUT2D eigenvalue weighted by atomic mass is 10.1. The molecule has 1 N–H and O–H groups in total. The van der Waals surface area contributed by atoms with Gasteiger partial charge in [0.25, 0.3) is 0 Å². The van der Waals surface area contributed by atoms with Crippen LogP contribution in [0.4, 0.5) is 5.69 Å². The van der Waals surface area contributed by atoms with E-state index in [0.29, 0.717) is 6.04 Å². The highest BCUT2D eigenvalue weighted by molar-refractivity contribution is 5.49. The number of benzene rings is 1. The van der Waals surface area contributed by atoms with Crippen molar-refractivity contribution in [1.29, 1.82) is 0 Å². The first-order valence-corrected chi connectivity index (χ1v) is 6.78. The average molecular weight is 249 g/mol. The number of anilines is 1. The molecule has 1 aliphatic rings. The Morgan fingerprint density at radius 3 is 2.61 bits per heavy atom. The summed E-state index contributed by atoms with van der Waals surface area (Å²) < 4.78 is 5.64. The van der Waals surface area contributed by atoms with Crippen molar-refractivity contribution < 1.29 is 9.84 Å². The van der Waals surface area contributed by atoms with Gasteiger partial charge in [0.1, 0.15) is 0 Å². The van der Waals surface area contributed by atoms with Crippen molar-refractivity contribution in [2.24, 2.45) is 0 Å². The van der Waals surface area contributed by atoms with E-state index in [0.717, 1.165) is 25.1 Å². The fourth-order valence-corrected chi connectivity index (χ4v) is 2.39. The zero-order chi connectivity index (χ0) is 13.1. The Kier molecular flexibility index (Phi) is 4.25. The van der Waals surface area contributed by atoms with E-state index >= 15 is 0 Å². The number of nitrogens with zero attached hydrogens (tertiary/aromatic N) is 1. The largest absolute Gasteiger partial charge is 0.388 e. The third-order valence-electron chi connectivity index (χ3n) is 3.60. The maximum absolute atomic E-state index is 9.79. The van der Waals surface area contributed by atoms with Gasteiger partial charge in [-0.25, -0.2) is 0 Å². The second-order valence-corrected chi connectivity index (χ2v) is 5.16. The zero-order valence-corrected chi connectivity index (χ0v) is 11.5. The van der Waals surface area contributed by atoms with Gasteiger partial charge in [0.2, 0.25) is 0 Å². The van der Waals surface area contributed by atoms with Gasteiger partial charge >= 0.3 is 0 Å². The molecule has 18 heavy (non-hydrogen) atoms. The molecule has 1 aromatic rings. The minimum atomic E-state index is -0.347. The lowest BCUT2D eigenvalue weighted by Gasteiger charge is -2.38. The van der Waals surface area contributed by atoms with Gasteiger partial charge in [-0.1, -0.05) is 19.1 Å². The van der Waals surface area contributed by atoms with Crippen LogP contribution in [0.15, 0.2) is 24.3 Å². The van der Waals surface area contributed by atoms with E-state index in [9.17, 15) is 5.11 Å². The van der Waals surface area contributed by atoms with Crippen molar-refractivity contribution in [3.05, 3.63) is 29.8 Å². The number of aliphatic hydroxyl groups is 1. The number of ether oxygens (including phenoxy) is 1. The predicted octanol–water partition coefficient (Wildman–Crippen LogP) is 2.74. The number of hydrogen-bond acceptors (Lipinski definition) is 3. The second-order valence-electron chi connectivity index (χ2n) is 5.16. The Hall–Kier alpha value is -1.06. The Labute approximate surface area is 109 Å². The third-order valence-corrected chi connectivity index (χ3v) is 3.60. The van der Waals surface area contributed by atoms with Crippen LogP contribution in [0.25, 0.3) is 0 Å². The summed E-state index contributed by atoms with van der Waals surface area (Å²) in [7, 11) is 0. The molecule has 1 fully saturated rings. The van der Waals surface area contributed by atoms with Gasteiger partial charge in [-0.3, -0.25) is 0 Å². The standard InChI is InChI=1S/C15H23NO2/c1-4-15(17)13-5-7-14(8-6-13)16-9-12(3)18-10-11(16)2/h5-8,11-12,15,17H,4,9-10H2,1-3H3. The molecule has 0 spiro atoms. The number of aliphatic hydroxyl groups excluding tert-OH is 1. The Balaban J connectivity index is 2.13. The summed E-state index contributed by atoms with van der Waals surface area (Å²) in [6.45, 7) is 7.98. The molecule has 0 radical (unpaired) electrons. The van der Waals surface area contributed by atoms with Crippen molar-refractivity contribution in [3.63, 3.8) is 0 Å². The summed E-state index contributed by atoms with van der Waals surface area (Å²) in [6, 6.07) is 8.65. The molecular weight excluding hydrogens is 226 g/mol. The summed E-state index contributed by atoms with van der Waals surface area (Å²) >= 11 is 0. The SMILES string of the molecule is CCC(O)c1ccc(N2CC(C)OCC2C)cc1. The van der Waals surface area contributed by atoms with Crippen LogP contribution in [-0.2, 0) is 4.74 Å². The molecule has 1 aromatic carbocycles. The van der Waals surface area contributed by atoms with Crippen molar-refractivity contribution in [3.8, 4) is 0 Å². The van der Waals surface area contributed by atoms with Gasteiger partial charge in [-0.05, 0) is 38.0 Å². The molecule has 3 nitrogen and oxygen atoms in total. The van der Waals surface area contributed by atoms with E-state index < -0.39 is 0 Å². The minimum absolute atomic E-state index is 0.280. The summed E-state index contributed by atoms with van der Waals surface area (Å²) in [5.41, 5.74) is 2.21. The van der Waals surface area contributed by atoms with Gasteiger partial charge < -0.3 is 14.7 Å². The Bertz CT molecular complexity index is 377. The van der Waals surface area contributed by atoms with Crippen LogP contribution in [0.1, 0.15) is 38.9 Å². The van der Waals surface area contributed by atoms with E-state index in [1.165, 1.54) is 5.69 Å². The molecule has 1 heterocycles. The van der Waals surface area contributed by atoms with Crippen molar-refractivity contribution in [2.45, 2.75) is 45.4 Å². The average Bonchev–Trinajstić information content (AvgIpc) is 2.41. The number of rotatable bonds is 3. The fourth-order valence-electron chi connectivity index (χ4n) is 2.39. The molecule has 0 saturated carbocycles. The van der Waals surface area contributed by atoms with Crippen LogP contribution in [0, 0.1) is 0 Å². The highest BCUT2D eigenvalue weighted by Gasteiger charge is 2.23. The Morgan fingerprint density at radius 2 is 2.00 bits per heavy atom. The first-order chi connectivity index (χ1) is 8.61. The quantitative estimate of drug-likeness (QED) is 0.894. The molecule has 0 bridgehead atoms.